The number of carbonyl (C=O) groups excluding carboxylic acids is 2. The van der Waals surface area contributed by atoms with Gasteiger partial charge < -0.3 is 15.0 Å². The number of aromatic nitrogens is 1. The van der Waals surface area contributed by atoms with E-state index in [2.05, 4.69) is 10.3 Å². The molecule has 0 radical (unpaired) electrons. The minimum atomic E-state index is -0.399. The van der Waals surface area contributed by atoms with Gasteiger partial charge in [-0.1, -0.05) is 23.2 Å². The second-order valence-electron chi connectivity index (χ2n) is 6.30. The molecular weight excluding hydrogens is 401 g/mol. The van der Waals surface area contributed by atoms with Gasteiger partial charge in [-0.15, -0.1) is 0 Å². The molecule has 0 saturated heterocycles. The van der Waals surface area contributed by atoms with Crippen molar-refractivity contribution in [3.63, 3.8) is 0 Å². The van der Waals surface area contributed by atoms with Gasteiger partial charge >= 0.3 is 0 Å². The second kappa shape index (κ2) is 9.75. The van der Waals surface area contributed by atoms with Gasteiger partial charge in [-0.25, -0.2) is 4.98 Å². The van der Waals surface area contributed by atoms with Crippen LogP contribution in [-0.2, 0) is 0 Å². The largest absolute Gasteiger partial charge is 0.474 e. The monoisotopic (exact) mass is 423 g/mol. The number of carbonyl (C=O) groups is 2. The van der Waals surface area contributed by atoms with E-state index < -0.39 is 5.91 Å². The average molecular weight is 424 g/mol. The maximum absolute atomic E-state index is 12.5. The Balaban J connectivity index is 2.15. The molecule has 1 aromatic carbocycles. The molecular formula is C20H23Cl2N3O3. The van der Waals surface area contributed by atoms with Crippen molar-refractivity contribution in [2.45, 2.75) is 33.8 Å². The zero-order chi connectivity index (χ0) is 20.8. The fraction of sp³-hybridized carbons (Fsp3) is 0.350. The number of amides is 2. The predicted octanol–water partition coefficient (Wildman–Crippen LogP) is 4.91. The number of pyridine rings is 1. The third-order valence-corrected chi connectivity index (χ3v) is 4.51. The number of hydrogen-bond donors (Lipinski definition) is 1. The molecule has 2 aromatic rings. The smallest absolute Gasteiger partial charge is 0.257 e. The average Bonchev–Trinajstić information content (AvgIpc) is 2.64. The summed E-state index contributed by atoms with van der Waals surface area (Å²) in [4.78, 5) is 30.7. The van der Waals surface area contributed by atoms with E-state index in [0.29, 0.717) is 24.3 Å². The fourth-order valence-corrected chi connectivity index (χ4v) is 2.98. The Bertz CT molecular complexity index is 868. The van der Waals surface area contributed by atoms with Crippen LogP contribution in [0.1, 0.15) is 48.4 Å². The van der Waals surface area contributed by atoms with E-state index in [4.69, 9.17) is 27.9 Å². The van der Waals surface area contributed by atoms with Crippen molar-refractivity contribution in [3.8, 4) is 5.88 Å². The summed E-state index contributed by atoms with van der Waals surface area (Å²) in [6, 6.07) is 6.26. The standard InChI is InChI=1S/C20H23Cl2N3O3/c1-5-25(6-2)20(27)15-8-7-14(10-16(15)21)24-18(26)13-9-17(22)19(23-11-13)28-12(3)4/h7-12H,5-6H2,1-4H3,(H,24,26). The molecule has 0 aliphatic heterocycles. The summed E-state index contributed by atoms with van der Waals surface area (Å²) in [5, 5.41) is 3.24. The molecule has 2 amide bonds. The summed E-state index contributed by atoms with van der Waals surface area (Å²) in [5.41, 5.74) is 1.13. The number of ether oxygens (including phenoxy) is 1. The highest BCUT2D eigenvalue weighted by atomic mass is 35.5. The molecule has 0 spiro atoms. The normalized spacial score (nSPS) is 10.7. The minimum absolute atomic E-state index is 0.0793. The van der Waals surface area contributed by atoms with Gasteiger partial charge in [0.25, 0.3) is 11.8 Å². The lowest BCUT2D eigenvalue weighted by Crippen LogP contribution is -2.30. The Morgan fingerprint density at radius 1 is 1.14 bits per heavy atom. The minimum Gasteiger partial charge on any atom is -0.474 e. The van der Waals surface area contributed by atoms with Crippen molar-refractivity contribution in [1.82, 2.24) is 9.88 Å². The number of nitrogens with one attached hydrogen (secondary N) is 1. The number of benzene rings is 1. The molecule has 1 N–H and O–H groups in total. The molecule has 0 saturated carbocycles. The molecule has 6 nitrogen and oxygen atoms in total. The molecule has 1 heterocycles. The van der Waals surface area contributed by atoms with Crippen molar-refractivity contribution >= 4 is 40.7 Å². The van der Waals surface area contributed by atoms with E-state index in [-0.39, 0.29) is 33.5 Å². The van der Waals surface area contributed by atoms with Crippen LogP contribution in [0.5, 0.6) is 5.88 Å². The maximum Gasteiger partial charge on any atom is 0.257 e. The predicted molar refractivity (Wildman–Crippen MR) is 112 cm³/mol. The first-order valence-electron chi connectivity index (χ1n) is 8.99. The summed E-state index contributed by atoms with van der Waals surface area (Å²) in [6.07, 6.45) is 1.31. The topological polar surface area (TPSA) is 71.5 Å². The summed E-state index contributed by atoms with van der Waals surface area (Å²) in [6.45, 7) is 8.71. The summed E-state index contributed by atoms with van der Waals surface area (Å²) >= 11 is 12.4. The van der Waals surface area contributed by atoms with Gasteiger partial charge in [0.1, 0.15) is 5.02 Å². The zero-order valence-electron chi connectivity index (χ0n) is 16.3. The molecule has 1 aromatic heterocycles. The van der Waals surface area contributed by atoms with Gasteiger partial charge in [-0.05, 0) is 52.0 Å². The highest BCUT2D eigenvalue weighted by Gasteiger charge is 2.17. The van der Waals surface area contributed by atoms with Crippen LogP contribution in [0.2, 0.25) is 10.0 Å². The molecule has 8 heteroatoms. The maximum atomic E-state index is 12.5. The van der Waals surface area contributed by atoms with Gasteiger partial charge in [-0.3, -0.25) is 9.59 Å². The summed E-state index contributed by atoms with van der Waals surface area (Å²) in [7, 11) is 0. The lowest BCUT2D eigenvalue weighted by atomic mass is 10.1. The van der Waals surface area contributed by atoms with E-state index in [1.807, 2.05) is 27.7 Å². The van der Waals surface area contributed by atoms with Crippen LogP contribution in [0, 0.1) is 0 Å². The van der Waals surface area contributed by atoms with Crippen molar-refractivity contribution in [1.29, 1.82) is 0 Å². The van der Waals surface area contributed by atoms with Crippen LogP contribution in [0.3, 0.4) is 0 Å². The Labute approximate surface area is 174 Å². The third kappa shape index (κ3) is 5.36. The molecule has 0 bridgehead atoms. The summed E-state index contributed by atoms with van der Waals surface area (Å²) in [5.74, 6) is -0.274. The van der Waals surface area contributed by atoms with E-state index in [1.54, 1.807) is 23.1 Å². The lowest BCUT2D eigenvalue weighted by Gasteiger charge is -2.19. The van der Waals surface area contributed by atoms with Crippen molar-refractivity contribution in [3.05, 3.63) is 51.6 Å². The number of nitrogens with zero attached hydrogens (tertiary/aromatic N) is 2. The molecule has 0 aliphatic carbocycles. The highest BCUT2D eigenvalue weighted by molar-refractivity contribution is 6.34. The number of anilines is 1. The van der Waals surface area contributed by atoms with Crippen molar-refractivity contribution in [2.75, 3.05) is 18.4 Å². The molecule has 2 rings (SSSR count). The van der Waals surface area contributed by atoms with Gasteiger partial charge in [0.2, 0.25) is 5.88 Å². The first-order valence-corrected chi connectivity index (χ1v) is 9.74. The van der Waals surface area contributed by atoms with E-state index >= 15 is 0 Å². The van der Waals surface area contributed by atoms with Crippen LogP contribution >= 0.6 is 23.2 Å². The van der Waals surface area contributed by atoms with E-state index in [1.165, 1.54) is 12.3 Å². The first kappa shape index (κ1) is 22.0. The highest BCUT2D eigenvalue weighted by Crippen LogP contribution is 2.25. The Hall–Kier alpha value is -2.31. The zero-order valence-corrected chi connectivity index (χ0v) is 17.8. The molecule has 0 unspecified atom stereocenters. The Kier molecular flexibility index (Phi) is 7.66. The quantitative estimate of drug-likeness (QED) is 0.686. The number of rotatable bonds is 7. The molecule has 28 heavy (non-hydrogen) atoms. The third-order valence-electron chi connectivity index (χ3n) is 3.92. The van der Waals surface area contributed by atoms with Crippen molar-refractivity contribution < 1.29 is 14.3 Å². The van der Waals surface area contributed by atoms with Gasteiger partial charge in [0.15, 0.2) is 0 Å². The van der Waals surface area contributed by atoms with Crippen LogP contribution in [0.25, 0.3) is 0 Å². The van der Waals surface area contributed by atoms with Crippen LogP contribution in [0.15, 0.2) is 30.5 Å². The summed E-state index contributed by atoms with van der Waals surface area (Å²) < 4.78 is 5.46. The molecule has 0 aliphatic rings. The van der Waals surface area contributed by atoms with E-state index in [0.717, 1.165) is 0 Å². The van der Waals surface area contributed by atoms with Crippen LogP contribution in [-0.4, -0.2) is 40.9 Å². The second-order valence-corrected chi connectivity index (χ2v) is 7.12. The van der Waals surface area contributed by atoms with Gasteiger partial charge in [0, 0.05) is 25.0 Å². The molecule has 150 valence electrons. The van der Waals surface area contributed by atoms with Crippen LogP contribution < -0.4 is 10.1 Å². The Morgan fingerprint density at radius 2 is 1.82 bits per heavy atom. The lowest BCUT2D eigenvalue weighted by molar-refractivity contribution is 0.0773. The first-order chi connectivity index (χ1) is 13.3. The molecule has 0 atom stereocenters. The fourth-order valence-electron chi connectivity index (χ4n) is 2.51. The van der Waals surface area contributed by atoms with E-state index in [9.17, 15) is 9.59 Å². The van der Waals surface area contributed by atoms with Crippen LogP contribution in [0.4, 0.5) is 5.69 Å². The van der Waals surface area contributed by atoms with Gasteiger partial charge in [0.05, 0.1) is 22.3 Å². The van der Waals surface area contributed by atoms with Crippen molar-refractivity contribution in [2.24, 2.45) is 0 Å². The van der Waals surface area contributed by atoms with Gasteiger partial charge in [-0.2, -0.15) is 0 Å². The molecule has 0 fully saturated rings. The Morgan fingerprint density at radius 3 is 2.36 bits per heavy atom. The number of hydrogen-bond acceptors (Lipinski definition) is 4. The SMILES string of the molecule is CCN(CC)C(=O)c1ccc(NC(=O)c2cnc(OC(C)C)c(Cl)c2)cc1Cl. The number of halogens is 2.